The SMILES string of the molecule is OC(c1ccccc1)(c1ccccc1)C(O)(c1cccs1)c1cccs1. The molecule has 2 N–H and O–H groups in total. The minimum absolute atomic E-state index is 0.649. The zero-order chi connectivity index (χ0) is 18.0. The first kappa shape index (κ1) is 17.2. The lowest BCUT2D eigenvalue weighted by Gasteiger charge is -2.43. The van der Waals surface area contributed by atoms with Gasteiger partial charge in [-0.15, -0.1) is 22.7 Å². The molecule has 2 nitrogen and oxygen atoms in total. The topological polar surface area (TPSA) is 40.5 Å². The van der Waals surface area contributed by atoms with E-state index in [4.69, 9.17) is 0 Å². The average molecular weight is 379 g/mol. The summed E-state index contributed by atoms with van der Waals surface area (Å²) < 4.78 is 0. The highest BCUT2D eigenvalue weighted by atomic mass is 32.1. The van der Waals surface area contributed by atoms with Gasteiger partial charge in [0.2, 0.25) is 0 Å². The number of rotatable bonds is 5. The van der Waals surface area contributed by atoms with E-state index in [9.17, 15) is 10.2 Å². The molecule has 2 aromatic heterocycles. The molecule has 0 radical (unpaired) electrons. The van der Waals surface area contributed by atoms with Gasteiger partial charge in [0.15, 0.2) is 11.2 Å². The summed E-state index contributed by atoms with van der Waals surface area (Å²) in [5.74, 6) is 0. The van der Waals surface area contributed by atoms with Gasteiger partial charge in [-0.25, -0.2) is 0 Å². The van der Waals surface area contributed by atoms with Crippen molar-refractivity contribution in [1.29, 1.82) is 0 Å². The summed E-state index contributed by atoms with van der Waals surface area (Å²) in [5, 5.41) is 28.2. The molecule has 0 amide bonds. The summed E-state index contributed by atoms with van der Waals surface area (Å²) in [6.45, 7) is 0. The predicted molar refractivity (Wildman–Crippen MR) is 108 cm³/mol. The fraction of sp³-hybridized carbons (Fsp3) is 0.0909. The van der Waals surface area contributed by atoms with E-state index in [1.165, 1.54) is 22.7 Å². The van der Waals surface area contributed by atoms with E-state index in [0.717, 1.165) is 0 Å². The summed E-state index contributed by atoms with van der Waals surface area (Å²) in [4.78, 5) is 1.41. The summed E-state index contributed by atoms with van der Waals surface area (Å²) in [6.07, 6.45) is 0. The van der Waals surface area contributed by atoms with Crippen molar-refractivity contribution in [3.63, 3.8) is 0 Å². The molecule has 0 spiro atoms. The number of hydrogen-bond donors (Lipinski definition) is 2. The molecule has 4 rings (SSSR count). The molecule has 130 valence electrons. The van der Waals surface area contributed by atoms with E-state index < -0.39 is 11.2 Å². The third-order valence-corrected chi connectivity index (χ3v) is 6.62. The Balaban J connectivity index is 2.07. The molecule has 4 heteroatoms. The van der Waals surface area contributed by atoms with Crippen LogP contribution in [0.3, 0.4) is 0 Å². The van der Waals surface area contributed by atoms with Gasteiger partial charge in [-0.05, 0) is 34.0 Å². The van der Waals surface area contributed by atoms with Gasteiger partial charge in [-0.3, -0.25) is 0 Å². The van der Waals surface area contributed by atoms with Crippen LogP contribution in [0.5, 0.6) is 0 Å². The van der Waals surface area contributed by atoms with Gasteiger partial charge in [0, 0.05) is 9.75 Å². The molecular weight excluding hydrogens is 360 g/mol. The van der Waals surface area contributed by atoms with Crippen molar-refractivity contribution >= 4 is 22.7 Å². The molecule has 0 fully saturated rings. The number of benzene rings is 2. The zero-order valence-electron chi connectivity index (χ0n) is 13.9. The second-order valence-electron chi connectivity index (χ2n) is 6.11. The fourth-order valence-corrected chi connectivity index (χ4v) is 5.23. The monoisotopic (exact) mass is 378 g/mol. The van der Waals surface area contributed by atoms with E-state index >= 15 is 0 Å². The van der Waals surface area contributed by atoms with E-state index in [0.29, 0.717) is 20.9 Å². The van der Waals surface area contributed by atoms with E-state index in [1.807, 2.05) is 95.7 Å². The molecule has 2 heterocycles. The molecule has 0 bridgehead atoms. The Hall–Kier alpha value is -2.24. The normalized spacial score (nSPS) is 12.2. The highest BCUT2D eigenvalue weighted by molar-refractivity contribution is 7.11. The van der Waals surface area contributed by atoms with Crippen molar-refractivity contribution in [3.8, 4) is 0 Å². The molecule has 0 unspecified atom stereocenters. The Morgan fingerprint density at radius 1 is 0.500 bits per heavy atom. The van der Waals surface area contributed by atoms with Crippen molar-refractivity contribution in [3.05, 3.63) is 117 Å². The molecule has 4 aromatic rings. The molecule has 0 aliphatic heterocycles. The summed E-state index contributed by atoms with van der Waals surface area (Å²) in [7, 11) is 0. The Morgan fingerprint density at radius 2 is 0.923 bits per heavy atom. The zero-order valence-corrected chi connectivity index (χ0v) is 15.6. The molecule has 0 saturated carbocycles. The van der Waals surface area contributed by atoms with Crippen LogP contribution < -0.4 is 0 Å². The van der Waals surface area contributed by atoms with Crippen LogP contribution in [-0.2, 0) is 11.2 Å². The highest BCUT2D eigenvalue weighted by Gasteiger charge is 2.55. The van der Waals surface area contributed by atoms with E-state index in [-0.39, 0.29) is 0 Å². The second-order valence-corrected chi connectivity index (χ2v) is 8.00. The third-order valence-electron chi connectivity index (χ3n) is 4.66. The van der Waals surface area contributed by atoms with Gasteiger partial charge in [0.05, 0.1) is 0 Å². The van der Waals surface area contributed by atoms with E-state index in [2.05, 4.69) is 0 Å². The molecule has 2 aromatic carbocycles. The summed E-state index contributed by atoms with van der Waals surface area (Å²) in [6, 6.07) is 26.3. The van der Waals surface area contributed by atoms with E-state index in [1.54, 1.807) is 0 Å². The minimum atomic E-state index is -1.63. The largest absolute Gasteiger partial charge is 0.377 e. The Kier molecular flexibility index (Phi) is 4.51. The van der Waals surface area contributed by atoms with Crippen molar-refractivity contribution < 1.29 is 10.2 Å². The van der Waals surface area contributed by atoms with Crippen molar-refractivity contribution in [1.82, 2.24) is 0 Å². The van der Waals surface area contributed by atoms with Crippen molar-refractivity contribution in [2.75, 3.05) is 0 Å². The van der Waals surface area contributed by atoms with Crippen molar-refractivity contribution in [2.45, 2.75) is 11.2 Å². The van der Waals surface area contributed by atoms with Crippen molar-refractivity contribution in [2.24, 2.45) is 0 Å². The van der Waals surface area contributed by atoms with Crippen LogP contribution >= 0.6 is 22.7 Å². The summed E-state index contributed by atoms with van der Waals surface area (Å²) >= 11 is 2.88. The number of aliphatic hydroxyl groups is 2. The average Bonchev–Trinajstić information content (AvgIpc) is 3.42. The number of hydrogen-bond acceptors (Lipinski definition) is 4. The fourth-order valence-electron chi connectivity index (χ4n) is 3.39. The minimum Gasteiger partial charge on any atom is -0.377 e. The molecular formula is C22H18O2S2. The molecule has 0 aliphatic carbocycles. The molecule has 26 heavy (non-hydrogen) atoms. The maximum absolute atomic E-state index is 12.2. The van der Waals surface area contributed by atoms with Gasteiger partial charge < -0.3 is 10.2 Å². The van der Waals surface area contributed by atoms with Crippen LogP contribution in [-0.4, -0.2) is 10.2 Å². The standard InChI is InChI=1S/C22H18O2S2/c23-21(17-9-3-1-4-10-17,18-11-5-2-6-12-18)22(24,19-13-7-15-25-19)20-14-8-16-26-20/h1-16,23-24H. The lowest BCUT2D eigenvalue weighted by molar-refractivity contribution is -0.108. The van der Waals surface area contributed by atoms with Crippen LogP contribution in [0.4, 0.5) is 0 Å². The maximum Gasteiger partial charge on any atom is 0.170 e. The number of thiophene rings is 2. The Morgan fingerprint density at radius 3 is 1.27 bits per heavy atom. The van der Waals surface area contributed by atoms with Crippen LogP contribution in [0, 0.1) is 0 Å². The summed E-state index contributed by atoms with van der Waals surface area (Å²) in [5.41, 5.74) is -1.94. The van der Waals surface area contributed by atoms with Crippen LogP contribution in [0.15, 0.2) is 95.7 Å². The quantitative estimate of drug-likeness (QED) is 0.514. The smallest absolute Gasteiger partial charge is 0.170 e. The molecule has 0 atom stereocenters. The lowest BCUT2D eigenvalue weighted by Crippen LogP contribution is -2.50. The van der Waals surface area contributed by atoms with Crippen LogP contribution in [0.25, 0.3) is 0 Å². The van der Waals surface area contributed by atoms with Gasteiger partial charge in [-0.1, -0.05) is 72.8 Å². The Labute approximate surface area is 160 Å². The first-order valence-electron chi connectivity index (χ1n) is 8.31. The van der Waals surface area contributed by atoms with Gasteiger partial charge >= 0.3 is 0 Å². The van der Waals surface area contributed by atoms with Crippen LogP contribution in [0.2, 0.25) is 0 Å². The predicted octanol–water partition coefficient (Wildman–Crippen LogP) is 4.98. The first-order chi connectivity index (χ1) is 12.7. The van der Waals surface area contributed by atoms with Gasteiger partial charge in [0.1, 0.15) is 0 Å². The van der Waals surface area contributed by atoms with Gasteiger partial charge in [-0.2, -0.15) is 0 Å². The highest BCUT2D eigenvalue weighted by Crippen LogP contribution is 2.51. The maximum atomic E-state index is 12.2. The molecule has 0 saturated heterocycles. The first-order valence-corrected chi connectivity index (χ1v) is 10.1. The van der Waals surface area contributed by atoms with Crippen LogP contribution in [0.1, 0.15) is 20.9 Å². The molecule has 0 aliphatic rings. The Bertz CT molecular complexity index is 872. The van der Waals surface area contributed by atoms with Gasteiger partial charge in [0.25, 0.3) is 0 Å². The lowest BCUT2D eigenvalue weighted by atomic mass is 9.71. The third kappa shape index (κ3) is 2.54. The second kappa shape index (κ2) is 6.82.